The van der Waals surface area contributed by atoms with Crippen LogP contribution in [0.25, 0.3) is 0 Å². The highest BCUT2D eigenvalue weighted by molar-refractivity contribution is 5.85. The summed E-state index contributed by atoms with van der Waals surface area (Å²) in [7, 11) is 0. The molecule has 0 atom stereocenters. The van der Waals surface area contributed by atoms with E-state index >= 15 is 0 Å². The Morgan fingerprint density at radius 1 is 1.29 bits per heavy atom. The zero-order valence-corrected chi connectivity index (χ0v) is 11.2. The first kappa shape index (κ1) is 14.5. The van der Waals surface area contributed by atoms with E-state index in [0.717, 1.165) is 32.4 Å². The van der Waals surface area contributed by atoms with Gasteiger partial charge in [-0.25, -0.2) is 0 Å². The lowest BCUT2D eigenvalue weighted by Gasteiger charge is -2.36. The molecule has 1 aromatic rings. The molecule has 2 N–H and O–H groups in total. The Bertz CT molecular complexity index is 348. The first-order chi connectivity index (χ1) is 7.74. The maximum atomic E-state index is 9.64. The van der Waals surface area contributed by atoms with Gasteiger partial charge in [0.1, 0.15) is 0 Å². The summed E-state index contributed by atoms with van der Waals surface area (Å²) in [5.41, 5.74) is 2.77. The SMILES string of the molecule is Cc1cccc(CC2(CO)CCNCC2)c1.Cl. The summed E-state index contributed by atoms with van der Waals surface area (Å²) in [6, 6.07) is 8.64. The van der Waals surface area contributed by atoms with Gasteiger partial charge in [0.25, 0.3) is 0 Å². The predicted octanol–water partition coefficient (Wildman–Crippen LogP) is 2.32. The van der Waals surface area contributed by atoms with Crippen molar-refractivity contribution < 1.29 is 5.11 Å². The van der Waals surface area contributed by atoms with Gasteiger partial charge in [0, 0.05) is 6.61 Å². The molecular formula is C14H22ClNO. The van der Waals surface area contributed by atoms with Gasteiger partial charge in [-0.2, -0.15) is 0 Å². The van der Waals surface area contributed by atoms with Gasteiger partial charge in [-0.15, -0.1) is 12.4 Å². The van der Waals surface area contributed by atoms with Gasteiger partial charge in [0.15, 0.2) is 0 Å². The second kappa shape index (κ2) is 6.39. The fourth-order valence-corrected chi connectivity index (χ4v) is 2.60. The number of aryl methyl sites for hydroxylation is 1. The van der Waals surface area contributed by atoms with Gasteiger partial charge in [-0.1, -0.05) is 29.8 Å². The van der Waals surface area contributed by atoms with Crippen LogP contribution in [0.1, 0.15) is 24.0 Å². The fraction of sp³-hybridized carbons (Fsp3) is 0.571. The van der Waals surface area contributed by atoms with Crippen LogP contribution in [0.4, 0.5) is 0 Å². The van der Waals surface area contributed by atoms with E-state index in [2.05, 4.69) is 36.5 Å². The van der Waals surface area contributed by atoms with E-state index in [-0.39, 0.29) is 17.8 Å². The van der Waals surface area contributed by atoms with Crippen LogP contribution in [0.3, 0.4) is 0 Å². The minimum Gasteiger partial charge on any atom is -0.396 e. The highest BCUT2D eigenvalue weighted by atomic mass is 35.5. The number of piperidine rings is 1. The van der Waals surface area contributed by atoms with Gasteiger partial charge in [-0.05, 0) is 50.3 Å². The van der Waals surface area contributed by atoms with Gasteiger partial charge >= 0.3 is 0 Å². The Morgan fingerprint density at radius 2 is 2.00 bits per heavy atom. The maximum absolute atomic E-state index is 9.64. The Balaban J connectivity index is 0.00000144. The smallest absolute Gasteiger partial charge is 0.0491 e. The monoisotopic (exact) mass is 255 g/mol. The summed E-state index contributed by atoms with van der Waals surface area (Å²) in [4.78, 5) is 0. The molecule has 0 aliphatic carbocycles. The van der Waals surface area contributed by atoms with E-state index in [9.17, 15) is 5.11 Å². The highest BCUT2D eigenvalue weighted by Gasteiger charge is 2.31. The van der Waals surface area contributed by atoms with Crippen LogP contribution in [0, 0.1) is 12.3 Å². The topological polar surface area (TPSA) is 32.3 Å². The molecule has 1 aromatic carbocycles. The maximum Gasteiger partial charge on any atom is 0.0491 e. The van der Waals surface area contributed by atoms with E-state index in [4.69, 9.17) is 0 Å². The Labute approximate surface area is 110 Å². The van der Waals surface area contributed by atoms with E-state index in [1.807, 2.05) is 0 Å². The van der Waals surface area contributed by atoms with Crippen LogP contribution < -0.4 is 5.32 Å². The van der Waals surface area contributed by atoms with Crippen LogP contribution in [0.2, 0.25) is 0 Å². The number of hydrogen-bond donors (Lipinski definition) is 2. The number of benzene rings is 1. The first-order valence-corrected chi connectivity index (χ1v) is 6.11. The van der Waals surface area contributed by atoms with Crippen LogP contribution in [-0.4, -0.2) is 24.8 Å². The van der Waals surface area contributed by atoms with Crippen molar-refractivity contribution in [2.75, 3.05) is 19.7 Å². The lowest BCUT2D eigenvalue weighted by molar-refractivity contribution is 0.0893. The summed E-state index contributed by atoms with van der Waals surface area (Å²) in [6.45, 7) is 4.50. The van der Waals surface area contributed by atoms with Crippen LogP contribution in [0.15, 0.2) is 24.3 Å². The molecule has 0 radical (unpaired) electrons. The molecule has 17 heavy (non-hydrogen) atoms. The molecule has 1 aliphatic heterocycles. The lowest BCUT2D eigenvalue weighted by atomic mass is 9.75. The minimum absolute atomic E-state index is 0. The molecule has 0 aromatic heterocycles. The lowest BCUT2D eigenvalue weighted by Crippen LogP contribution is -2.40. The molecule has 0 bridgehead atoms. The molecule has 0 saturated carbocycles. The molecule has 1 fully saturated rings. The third-order valence-electron chi connectivity index (χ3n) is 3.66. The van der Waals surface area contributed by atoms with Crippen molar-refractivity contribution in [2.45, 2.75) is 26.2 Å². The molecule has 3 heteroatoms. The summed E-state index contributed by atoms with van der Waals surface area (Å²) in [5, 5.41) is 13.0. The number of rotatable bonds is 3. The summed E-state index contributed by atoms with van der Waals surface area (Å²) < 4.78 is 0. The van der Waals surface area contributed by atoms with Crippen molar-refractivity contribution in [2.24, 2.45) is 5.41 Å². The van der Waals surface area contributed by atoms with Gasteiger partial charge in [-0.3, -0.25) is 0 Å². The molecule has 1 saturated heterocycles. The zero-order valence-electron chi connectivity index (χ0n) is 10.4. The van der Waals surface area contributed by atoms with Crippen LogP contribution in [-0.2, 0) is 6.42 Å². The zero-order chi connectivity index (χ0) is 11.4. The van der Waals surface area contributed by atoms with Crippen molar-refractivity contribution in [3.63, 3.8) is 0 Å². The third-order valence-corrected chi connectivity index (χ3v) is 3.66. The Morgan fingerprint density at radius 3 is 2.59 bits per heavy atom. The molecule has 2 nitrogen and oxygen atoms in total. The van der Waals surface area contributed by atoms with E-state index in [1.54, 1.807) is 0 Å². The molecule has 2 rings (SSSR count). The minimum atomic E-state index is 0. The Kier molecular flexibility index (Phi) is 5.44. The largest absolute Gasteiger partial charge is 0.396 e. The normalized spacial score (nSPS) is 18.5. The predicted molar refractivity (Wildman–Crippen MR) is 73.8 cm³/mol. The van der Waals surface area contributed by atoms with Crippen LogP contribution >= 0.6 is 12.4 Å². The average molecular weight is 256 g/mol. The van der Waals surface area contributed by atoms with E-state index in [1.165, 1.54) is 11.1 Å². The first-order valence-electron chi connectivity index (χ1n) is 6.11. The van der Waals surface area contributed by atoms with Gasteiger partial charge in [0.05, 0.1) is 0 Å². The molecular weight excluding hydrogens is 234 g/mol. The quantitative estimate of drug-likeness (QED) is 0.869. The van der Waals surface area contributed by atoms with Crippen LogP contribution in [0.5, 0.6) is 0 Å². The molecule has 0 spiro atoms. The molecule has 0 unspecified atom stereocenters. The van der Waals surface area contributed by atoms with E-state index in [0.29, 0.717) is 6.61 Å². The third kappa shape index (κ3) is 3.70. The average Bonchev–Trinajstić information content (AvgIpc) is 2.30. The number of hydrogen-bond acceptors (Lipinski definition) is 2. The van der Waals surface area contributed by atoms with Crippen molar-refractivity contribution in [1.29, 1.82) is 0 Å². The van der Waals surface area contributed by atoms with Crippen molar-refractivity contribution in [1.82, 2.24) is 5.32 Å². The van der Waals surface area contributed by atoms with Gasteiger partial charge < -0.3 is 10.4 Å². The molecule has 0 amide bonds. The fourth-order valence-electron chi connectivity index (χ4n) is 2.60. The second-order valence-electron chi connectivity index (χ2n) is 5.07. The molecule has 1 aliphatic rings. The highest BCUT2D eigenvalue weighted by Crippen LogP contribution is 2.32. The molecule has 1 heterocycles. The standard InChI is InChI=1S/C14H21NO.ClH/c1-12-3-2-4-13(9-12)10-14(11-16)5-7-15-8-6-14;/h2-4,9,15-16H,5-8,10-11H2,1H3;1H. The summed E-state index contributed by atoms with van der Waals surface area (Å²) in [6.07, 6.45) is 3.17. The number of halogens is 1. The summed E-state index contributed by atoms with van der Waals surface area (Å²) >= 11 is 0. The number of nitrogens with one attached hydrogen (secondary N) is 1. The number of aliphatic hydroxyl groups excluding tert-OH is 1. The van der Waals surface area contributed by atoms with Crippen molar-refractivity contribution in [3.05, 3.63) is 35.4 Å². The van der Waals surface area contributed by atoms with Gasteiger partial charge in [0.2, 0.25) is 0 Å². The van der Waals surface area contributed by atoms with Crippen molar-refractivity contribution in [3.8, 4) is 0 Å². The number of aliphatic hydroxyl groups is 1. The second-order valence-corrected chi connectivity index (χ2v) is 5.07. The van der Waals surface area contributed by atoms with Crippen molar-refractivity contribution >= 4 is 12.4 Å². The van der Waals surface area contributed by atoms with E-state index < -0.39 is 0 Å². The molecule has 96 valence electrons. The Hall–Kier alpha value is -0.570. The summed E-state index contributed by atoms with van der Waals surface area (Å²) in [5.74, 6) is 0.